The number of H-pyrrole nitrogens is 1. The van der Waals surface area contributed by atoms with Crippen LogP contribution < -0.4 is 5.32 Å². The van der Waals surface area contributed by atoms with Crippen LogP contribution in [0.15, 0.2) is 53.7 Å². The van der Waals surface area contributed by atoms with Gasteiger partial charge >= 0.3 is 5.97 Å². The molecule has 1 aromatic heterocycles. The van der Waals surface area contributed by atoms with Gasteiger partial charge in [-0.25, -0.2) is 9.78 Å². The Bertz CT molecular complexity index is 1060. The summed E-state index contributed by atoms with van der Waals surface area (Å²) in [5.74, 6) is 0.165. The van der Waals surface area contributed by atoms with E-state index in [2.05, 4.69) is 53.4 Å². The standard InChI is InChI=1S/C23H26N4O3S/c1-5-30-21(29)16-7-6-8-18(13-16)24-19(28)14-31-22-25-20(26-27-22)15-9-11-17(12-10-15)23(2,3)4/h6-13H,5,14H2,1-4H3,(H,24,28)(H,25,26,27). The average Bonchev–Trinajstić information content (AvgIpc) is 3.21. The highest BCUT2D eigenvalue weighted by atomic mass is 32.2. The lowest BCUT2D eigenvalue weighted by Crippen LogP contribution is -2.14. The zero-order valence-electron chi connectivity index (χ0n) is 18.1. The van der Waals surface area contributed by atoms with E-state index < -0.39 is 5.97 Å². The lowest BCUT2D eigenvalue weighted by Gasteiger charge is -2.18. The van der Waals surface area contributed by atoms with Crippen LogP contribution in [0.4, 0.5) is 5.69 Å². The van der Waals surface area contributed by atoms with Crippen LogP contribution in [-0.4, -0.2) is 39.4 Å². The number of nitrogens with one attached hydrogen (secondary N) is 2. The van der Waals surface area contributed by atoms with E-state index in [1.165, 1.54) is 17.3 Å². The molecule has 0 aliphatic heterocycles. The molecule has 8 heteroatoms. The molecule has 7 nitrogen and oxygen atoms in total. The zero-order chi connectivity index (χ0) is 22.4. The van der Waals surface area contributed by atoms with Gasteiger partial charge in [0.2, 0.25) is 11.1 Å². The monoisotopic (exact) mass is 438 g/mol. The van der Waals surface area contributed by atoms with Crippen molar-refractivity contribution in [3.05, 3.63) is 59.7 Å². The third-order valence-electron chi connectivity index (χ3n) is 4.48. The van der Waals surface area contributed by atoms with Gasteiger partial charge in [0.15, 0.2) is 5.82 Å². The number of carbonyl (C=O) groups excluding carboxylic acids is 2. The molecule has 162 valence electrons. The number of rotatable bonds is 7. The highest BCUT2D eigenvalue weighted by Crippen LogP contribution is 2.25. The molecule has 2 aromatic carbocycles. The maximum Gasteiger partial charge on any atom is 0.338 e. The first-order chi connectivity index (χ1) is 14.8. The minimum atomic E-state index is -0.420. The van der Waals surface area contributed by atoms with Gasteiger partial charge in [-0.3, -0.25) is 9.89 Å². The second-order valence-corrected chi connectivity index (χ2v) is 8.87. The molecular formula is C23H26N4O3S. The average molecular weight is 439 g/mol. The fourth-order valence-electron chi connectivity index (χ4n) is 2.83. The molecule has 3 aromatic rings. The summed E-state index contributed by atoms with van der Waals surface area (Å²) in [6, 6.07) is 14.8. The Labute approximate surface area is 186 Å². The Morgan fingerprint density at radius 1 is 1.13 bits per heavy atom. The zero-order valence-corrected chi connectivity index (χ0v) is 18.9. The molecule has 1 heterocycles. The number of aromatic nitrogens is 3. The van der Waals surface area contributed by atoms with Crippen LogP contribution in [0, 0.1) is 0 Å². The minimum absolute atomic E-state index is 0.0874. The fraction of sp³-hybridized carbons (Fsp3) is 0.304. The quantitative estimate of drug-likeness (QED) is 0.411. The van der Waals surface area contributed by atoms with Crippen LogP contribution in [0.1, 0.15) is 43.6 Å². The molecule has 3 rings (SSSR count). The third-order valence-corrected chi connectivity index (χ3v) is 5.33. The van der Waals surface area contributed by atoms with E-state index in [0.717, 1.165) is 5.56 Å². The van der Waals surface area contributed by atoms with Crippen molar-refractivity contribution in [3.8, 4) is 11.4 Å². The van der Waals surface area contributed by atoms with Crippen molar-refractivity contribution >= 4 is 29.3 Å². The summed E-state index contributed by atoms with van der Waals surface area (Å²) < 4.78 is 4.98. The van der Waals surface area contributed by atoms with E-state index in [4.69, 9.17) is 4.74 Å². The normalized spacial score (nSPS) is 11.2. The van der Waals surface area contributed by atoms with Crippen molar-refractivity contribution in [3.63, 3.8) is 0 Å². The van der Waals surface area contributed by atoms with Gasteiger partial charge in [0.25, 0.3) is 0 Å². The molecule has 0 saturated heterocycles. The van der Waals surface area contributed by atoms with Gasteiger partial charge in [-0.15, -0.1) is 5.10 Å². The Morgan fingerprint density at radius 3 is 2.55 bits per heavy atom. The molecule has 0 radical (unpaired) electrons. The summed E-state index contributed by atoms with van der Waals surface area (Å²) in [6.45, 7) is 8.55. The second-order valence-electron chi connectivity index (χ2n) is 7.93. The SMILES string of the molecule is CCOC(=O)c1cccc(NC(=O)CSc2n[nH]c(-c3ccc(C(C)(C)C)cc3)n2)c1. The lowest BCUT2D eigenvalue weighted by molar-refractivity contribution is -0.113. The Morgan fingerprint density at radius 2 is 1.87 bits per heavy atom. The van der Waals surface area contributed by atoms with Crippen molar-refractivity contribution in [1.29, 1.82) is 0 Å². The molecule has 0 bridgehead atoms. The summed E-state index contributed by atoms with van der Waals surface area (Å²) in [5, 5.41) is 10.4. The topological polar surface area (TPSA) is 97.0 Å². The first kappa shape index (κ1) is 22.6. The van der Waals surface area contributed by atoms with E-state index in [-0.39, 0.29) is 17.1 Å². The van der Waals surface area contributed by atoms with Crippen LogP contribution >= 0.6 is 11.8 Å². The van der Waals surface area contributed by atoms with Crippen LogP contribution in [0.25, 0.3) is 11.4 Å². The molecule has 0 atom stereocenters. The molecule has 0 unspecified atom stereocenters. The summed E-state index contributed by atoms with van der Waals surface area (Å²) in [4.78, 5) is 28.6. The number of thioether (sulfide) groups is 1. The van der Waals surface area contributed by atoms with Gasteiger partial charge in [0.1, 0.15) is 0 Å². The predicted molar refractivity (Wildman–Crippen MR) is 122 cm³/mol. The number of hydrogen-bond donors (Lipinski definition) is 2. The third kappa shape index (κ3) is 6.18. The molecule has 0 fully saturated rings. The van der Waals surface area contributed by atoms with E-state index in [9.17, 15) is 9.59 Å². The number of hydrogen-bond acceptors (Lipinski definition) is 6. The molecule has 2 N–H and O–H groups in total. The van der Waals surface area contributed by atoms with Crippen LogP contribution in [0.3, 0.4) is 0 Å². The number of benzene rings is 2. The van der Waals surface area contributed by atoms with E-state index in [1.807, 2.05) is 12.1 Å². The van der Waals surface area contributed by atoms with Gasteiger partial charge in [0, 0.05) is 11.3 Å². The van der Waals surface area contributed by atoms with Gasteiger partial charge in [0.05, 0.1) is 17.9 Å². The summed E-state index contributed by atoms with van der Waals surface area (Å²) in [5.41, 5.74) is 3.19. The highest BCUT2D eigenvalue weighted by molar-refractivity contribution is 7.99. The van der Waals surface area contributed by atoms with Gasteiger partial charge < -0.3 is 10.1 Å². The molecule has 0 aliphatic rings. The molecular weight excluding hydrogens is 412 g/mol. The Balaban J connectivity index is 1.56. The van der Waals surface area contributed by atoms with Gasteiger partial charge in [-0.05, 0) is 36.1 Å². The second kappa shape index (κ2) is 9.78. The lowest BCUT2D eigenvalue weighted by atomic mass is 9.87. The number of aromatic amines is 1. The first-order valence-corrected chi connectivity index (χ1v) is 11.0. The van der Waals surface area contributed by atoms with Gasteiger partial charge in [-0.2, -0.15) is 0 Å². The van der Waals surface area contributed by atoms with Crippen molar-refractivity contribution in [2.75, 3.05) is 17.7 Å². The minimum Gasteiger partial charge on any atom is -0.462 e. The predicted octanol–water partition coefficient (Wildman–Crippen LogP) is 4.68. The summed E-state index contributed by atoms with van der Waals surface area (Å²) in [6.07, 6.45) is 0. The fourth-order valence-corrected chi connectivity index (χ4v) is 3.43. The van der Waals surface area contributed by atoms with E-state index >= 15 is 0 Å². The number of esters is 1. The van der Waals surface area contributed by atoms with Crippen molar-refractivity contribution < 1.29 is 14.3 Å². The summed E-state index contributed by atoms with van der Waals surface area (Å²) in [7, 11) is 0. The first-order valence-electron chi connectivity index (χ1n) is 9.99. The molecule has 0 aliphatic carbocycles. The van der Waals surface area contributed by atoms with Crippen LogP contribution in [-0.2, 0) is 14.9 Å². The number of amides is 1. The smallest absolute Gasteiger partial charge is 0.338 e. The van der Waals surface area contributed by atoms with E-state index in [1.54, 1.807) is 31.2 Å². The molecule has 31 heavy (non-hydrogen) atoms. The maximum absolute atomic E-state index is 12.3. The van der Waals surface area contributed by atoms with Crippen molar-refractivity contribution in [1.82, 2.24) is 15.2 Å². The molecule has 1 amide bonds. The molecule has 0 saturated carbocycles. The van der Waals surface area contributed by atoms with Crippen LogP contribution in [0.5, 0.6) is 0 Å². The number of anilines is 1. The molecule has 0 spiro atoms. The Hall–Kier alpha value is -3.13. The maximum atomic E-state index is 12.3. The number of nitrogens with zero attached hydrogens (tertiary/aromatic N) is 2. The van der Waals surface area contributed by atoms with Crippen LogP contribution in [0.2, 0.25) is 0 Å². The largest absolute Gasteiger partial charge is 0.462 e. The van der Waals surface area contributed by atoms with Crippen molar-refractivity contribution in [2.45, 2.75) is 38.3 Å². The summed E-state index contributed by atoms with van der Waals surface area (Å²) >= 11 is 1.23. The number of carbonyl (C=O) groups is 2. The highest BCUT2D eigenvalue weighted by Gasteiger charge is 2.15. The Kier molecular flexibility index (Phi) is 7.12. The van der Waals surface area contributed by atoms with Crippen molar-refractivity contribution in [2.24, 2.45) is 0 Å². The van der Waals surface area contributed by atoms with E-state index in [0.29, 0.717) is 28.8 Å². The number of ether oxygens (including phenoxy) is 1. The van der Waals surface area contributed by atoms with Gasteiger partial charge in [-0.1, -0.05) is 62.9 Å².